The zero-order chi connectivity index (χ0) is 21.8. The van der Waals surface area contributed by atoms with Crippen LogP contribution >= 0.6 is 0 Å². The van der Waals surface area contributed by atoms with Crippen molar-refractivity contribution in [3.05, 3.63) is 59.2 Å². The number of hydrogen-bond donors (Lipinski definition) is 2. The van der Waals surface area contributed by atoms with E-state index in [0.717, 1.165) is 4.90 Å². The van der Waals surface area contributed by atoms with E-state index in [1.807, 2.05) is 0 Å². The number of rotatable bonds is 7. The summed E-state index contributed by atoms with van der Waals surface area (Å²) in [5.74, 6) is -2.99. The van der Waals surface area contributed by atoms with Gasteiger partial charge in [0.1, 0.15) is 11.3 Å². The van der Waals surface area contributed by atoms with E-state index < -0.39 is 42.8 Å². The van der Waals surface area contributed by atoms with E-state index in [4.69, 9.17) is 15.2 Å². The number of imide groups is 1. The van der Waals surface area contributed by atoms with Crippen molar-refractivity contribution in [1.82, 2.24) is 4.90 Å². The maximum Gasteiger partial charge on any atom is 0.342 e. The predicted molar refractivity (Wildman–Crippen MR) is 103 cm³/mol. The molecule has 0 aromatic heterocycles. The number of nitrogens with zero attached hydrogens (tertiary/aromatic N) is 1. The lowest BCUT2D eigenvalue weighted by molar-refractivity contribution is -0.120. The van der Waals surface area contributed by atoms with Crippen LogP contribution in [0.2, 0.25) is 0 Å². The number of anilines is 1. The highest BCUT2D eigenvalue weighted by atomic mass is 16.5. The van der Waals surface area contributed by atoms with Crippen LogP contribution in [0, 0.1) is 0 Å². The second-order valence-electron chi connectivity index (χ2n) is 6.31. The standard InChI is InChI=1S/C20H17N3O7/c1-23-18(26)12-7-6-11(8-14(12)19(23)27)22-17(25)10-30-20(28)13-4-2-3-5-15(13)29-9-16(21)24/h2-8H,9-10H2,1H3,(H2,21,24)(H,22,25). The Kier molecular flexibility index (Phi) is 5.77. The van der Waals surface area contributed by atoms with Crippen molar-refractivity contribution in [2.24, 2.45) is 5.73 Å². The first-order chi connectivity index (χ1) is 14.3. The van der Waals surface area contributed by atoms with Crippen LogP contribution in [-0.2, 0) is 14.3 Å². The summed E-state index contributed by atoms with van der Waals surface area (Å²) in [6, 6.07) is 10.3. The molecule has 10 nitrogen and oxygen atoms in total. The summed E-state index contributed by atoms with van der Waals surface area (Å²) >= 11 is 0. The third kappa shape index (κ3) is 4.27. The number of carbonyl (C=O) groups excluding carboxylic acids is 5. The van der Waals surface area contributed by atoms with Crippen LogP contribution in [0.1, 0.15) is 31.1 Å². The first-order valence-electron chi connectivity index (χ1n) is 8.71. The molecule has 3 rings (SSSR count). The number of esters is 1. The molecule has 4 amide bonds. The molecule has 0 spiro atoms. The van der Waals surface area contributed by atoms with Crippen molar-refractivity contribution in [3.63, 3.8) is 0 Å². The van der Waals surface area contributed by atoms with Crippen LogP contribution in [0.5, 0.6) is 5.75 Å². The van der Waals surface area contributed by atoms with E-state index in [1.54, 1.807) is 12.1 Å². The number of benzene rings is 2. The number of primary amides is 1. The summed E-state index contributed by atoms with van der Waals surface area (Å²) < 4.78 is 10.1. The average molecular weight is 411 g/mol. The molecule has 1 heterocycles. The highest BCUT2D eigenvalue weighted by Crippen LogP contribution is 2.25. The van der Waals surface area contributed by atoms with Gasteiger partial charge in [0, 0.05) is 12.7 Å². The molecule has 2 aromatic rings. The molecule has 3 N–H and O–H groups in total. The van der Waals surface area contributed by atoms with Crippen LogP contribution in [0.3, 0.4) is 0 Å². The van der Waals surface area contributed by atoms with Gasteiger partial charge in [-0.1, -0.05) is 12.1 Å². The van der Waals surface area contributed by atoms with Crippen molar-refractivity contribution >= 4 is 35.3 Å². The Morgan fingerprint density at radius 2 is 1.70 bits per heavy atom. The first-order valence-corrected chi connectivity index (χ1v) is 8.71. The Balaban J connectivity index is 1.61. The van der Waals surface area contributed by atoms with Gasteiger partial charge in [-0.05, 0) is 30.3 Å². The van der Waals surface area contributed by atoms with Gasteiger partial charge in [-0.25, -0.2) is 4.79 Å². The lowest BCUT2D eigenvalue weighted by atomic mass is 10.1. The average Bonchev–Trinajstić information content (AvgIpc) is 2.94. The molecule has 30 heavy (non-hydrogen) atoms. The third-order valence-corrected chi connectivity index (χ3v) is 4.18. The highest BCUT2D eigenvalue weighted by Gasteiger charge is 2.32. The fourth-order valence-electron chi connectivity index (χ4n) is 2.75. The van der Waals surface area contributed by atoms with Gasteiger partial charge in [0.25, 0.3) is 23.6 Å². The van der Waals surface area contributed by atoms with Gasteiger partial charge in [-0.2, -0.15) is 0 Å². The molecule has 0 atom stereocenters. The second-order valence-corrected chi connectivity index (χ2v) is 6.31. The number of nitrogens with one attached hydrogen (secondary N) is 1. The van der Waals surface area contributed by atoms with E-state index in [2.05, 4.69) is 5.32 Å². The number of amides is 4. The minimum Gasteiger partial charge on any atom is -0.483 e. The minimum atomic E-state index is -0.832. The van der Waals surface area contributed by atoms with Crippen molar-refractivity contribution in [2.75, 3.05) is 25.6 Å². The fourth-order valence-corrected chi connectivity index (χ4v) is 2.75. The molecule has 0 saturated heterocycles. The molecule has 0 unspecified atom stereocenters. The van der Waals surface area contributed by atoms with E-state index in [0.29, 0.717) is 0 Å². The normalized spacial score (nSPS) is 12.4. The Bertz CT molecular complexity index is 1060. The van der Waals surface area contributed by atoms with Crippen molar-refractivity contribution in [1.29, 1.82) is 0 Å². The molecule has 0 aliphatic carbocycles. The van der Waals surface area contributed by atoms with Gasteiger partial charge in [-0.15, -0.1) is 0 Å². The van der Waals surface area contributed by atoms with Gasteiger partial charge in [0.2, 0.25) is 0 Å². The second kappa shape index (κ2) is 8.43. The lowest BCUT2D eigenvalue weighted by Gasteiger charge is -2.10. The Morgan fingerprint density at radius 3 is 2.43 bits per heavy atom. The largest absolute Gasteiger partial charge is 0.483 e. The molecular weight excluding hydrogens is 394 g/mol. The lowest BCUT2D eigenvalue weighted by Crippen LogP contribution is -2.24. The summed E-state index contributed by atoms with van der Waals surface area (Å²) in [7, 11) is 1.37. The molecule has 154 valence electrons. The van der Waals surface area contributed by atoms with Crippen LogP contribution in [-0.4, -0.2) is 54.8 Å². The predicted octanol–water partition coefficient (Wildman–Crippen LogP) is 0.572. The number of para-hydroxylation sites is 1. The molecule has 2 aromatic carbocycles. The van der Waals surface area contributed by atoms with Crippen LogP contribution in [0.25, 0.3) is 0 Å². The topological polar surface area (TPSA) is 145 Å². The smallest absolute Gasteiger partial charge is 0.342 e. The molecule has 1 aliphatic rings. The Hall–Kier alpha value is -4.21. The number of nitrogens with two attached hydrogens (primary N) is 1. The summed E-state index contributed by atoms with van der Waals surface area (Å²) in [6.07, 6.45) is 0. The molecule has 1 aliphatic heterocycles. The quantitative estimate of drug-likeness (QED) is 0.500. The van der Waals surface area contributed by atoms with E-state index in [1.165, 1.54) is 37.4 Å². The summed E-state index contributed by atoms with van der Waals surface area (Å²) in [4.78, 5) is 60.1. The van der Waals surface area contributed by atoms with Crippen molar-refractivity contribution in [3.8, 4) is 5.75 Å². The molecule has 0 fully saturated rings. The van der Waals surface area contributed by atoms with Gasteiger partial charge < -0.3 is 20.5 Å². The molecule has 0 bridgehead atoms. The van der Waals surface area contributed by atoms with E-state index in [-0.39, 0.29) is 28.1 Å². The SMILES string of the molecule is CN1C(=O)c2ccc(NC(=O)COC(=O)c3ccccc3OCC(N)=O)cc2C1=O. The zero-order valence-electron chi connectivity index (χ0n) is 15.8. The number of fused-ring (bicyclic) bond motifs is 1. The summed E-state index contributed by atoms with van der Waals surface area (Å²) in [6.45, 7) is -1.02. The maximum atomic E-state index is 12.2. The Labute approximate surface area is 170 Å². The number of ether oxygens (including phenoxy) is 2. The van der Waals surface area contributed by atoms with E-state index >= 15 is 0 Å². The zero-order valence-corrected chi connectivity index (χ0v) is 15.8. The van der Waals surface area contributed by atoms with Gasteiger partial charge in [-0.3, -0.25) is 24.1 Å². The molecule has 10 heteroatoms. The number of carbonyl (C=O) groups is 5. The highest BCUT2D eigenvalue weighted by molar-refractivity contribution is 6.21. The van der Waals surface area contributed by atoms with Crippen LogP contribution in [0.15, 0.2) is 42.5 Å². The minimum absolute atomic E-state index is 0.0243. The van der Waals surface area contributed by atoms with Gasteiger partial charge >= 0.3 is 5.97 Å². The van der Waals surface area contributed by atoms with Gasteiger partial charge in [0.05, 0.1) is 11.1 Å². The molecular formula is C20H17N3O7. The van der Waals surface area contributed by atoms with Crippen LogP contribution < -0.4 is 15.8 Å². The third-order valence-electron chi connectivity index (χ3n) is 4.18. The Morgan fingerprint density at radius 1 is 1.00 bits per heavy atom. The summed E-state index contributed by atoms with van der Waals surface area (Å²) in [5.41, 5.74) is 5.75. The van der Waals surface area contributed by atoms with Crippen LogP contribution in [0.4, 0.5) is 5.69 Å². The maximum absolute atomic E-state index is 12.2. The van der Waals surface area contributed by atoms with E-state index in [9.17, 15) is 24.0 Å². The fraction of sp³-hybridized carbons (Fsp3) is 0.150. The molecule has 0 radical (unpaired) electrons. The first kappa shape index (κ1) is 20.5. The number of hydrogen-bond acceptors (Lipinski definition) is 7. The molecule has 0 saturated carbocycles. The monoisotopic (exact) mass is 411 g/mol. The summed E-state index contributed by atoms with van der Waals surface area (Å²) in [5, 5.41) is 2.49. The van der Waals surface area contributed by atoms with Crippen molar-refractivity contribution < 1.29 is 33.4 Å². The van der Waals surface area contributed by atoms with Crippen molar-refractivity contribution in [2.45, 2.75) is 0 Å². The van der Waals surface area contributed by atoms with Gasteiger partial charge in [0.15, 0.2) is 13.2 Å².